The first-order chi connectivity index (χ1) is 20.4. The molecule has 1 atom stereocenters. The average molecular weight is 558 g/mol. The SMILES string of the molecule is CC1c2cnc(Nc3cccc(NC(=O)c4ccc(NC(=O)C=CCN(C)C)cc4)c3)nc2-c2c[nH]c3cccc1c23. The minimum atomic E-state index is -0.259. The first-order valence-electron chi connectivity index (χ1n) is 13.7. The normalized spacial score (nSPS) is 13.8. The summed E-state index contributed by atoms with van der Waals surface area (Å²) in [7, 11) is 3.86. The molecule has 0 saturated heterocycles. The highest BCUT2D eigenvalue weighted by atomic mass is 16.2. The summed E-state index contributed by atoms with van der Waals surface area (Å²) >= 11 is 0. The average Bonchev–Trinajstić information content (AvgIpc) is 3.41. The highest BCUT2D eigenvalue weighted by Crippen LogP contribution is 2.44. The number of carbonyl (C=O) groups excluding carboxylic acids is 2. The number of aromatic amines is 1. The number of benzene rings is 3. The Morgan fingerprint density at radius 1 is 0.952 bits per heavy atom. The van der Waals surface area contributed by atoms with E-state index in [0.717, 1.165) is 28.0 Å². The quantitative estimate of drug-likeness (QED) is 0.170. The second-order valence-corrected chi connectivity index (χ2v) is 10.6. The van der Waals surface area contributed by atoms with Crippen molar-refractivity contribution in [3.8, 4) is 11.3 Å². The smallest absolute Gasteiger partial charge is 0.255 e. The Balaban J connectivity index is 1.13. The summed E-state index contributed by atoms with van der Waals surface area (Å²) in [6.07, 6.45) is 7.18. The van der Waals surface area contributed by atoms with Crippen LogP contribution in [0.4, 0.5) is 23.0 Å². The number of anilines is 4. The van der Waals surface area contributed by atoms with Crippen LogP contribution in [-0.4, -0.2) is 52.3 Å². The molecule has 5 aromatic rings. The van der Waals surface area contributed by atoms with E-state index in [1.165, 1.54) is 17.0 Å². The molecule has 0 radical (unpaired) electrons. The summed E-state index contributed by atoms with van der Waals surface area (Å²) in [4.78, 5) is 39.8. The maximum atomic E-state index is 12.9. The second-order valence-electron chi connectivity index (χ2n) is 10.6. The van der Waals surface area contributed by atoms with Crippen LogP contribution in [0.1, 0.15) is 34.3 Å². The number of H-pyrrole nitrogens is 1. The summed E-state index contributed by atoms with van der Waals surface area (Å²) in [6, 6.07) is 20.5. The van der Waals surface area contributed by atoms with E-state index in [4.69, 9.17) is 4.98 Å². The third kappa shape index (κ3) is 5.50. The van der Waals surface area contributed by atoms with E-state index in [9.17, 15) is 9.59 Å². The molecule has 9 heteroatoms. The van der Waals surface area contributed by atoms with Gasteiger partial charge in [-0.15, -0.1) is 0 Å². The van der Waals surface area contributed by atoms with Crippen LogP contribution in [-0.2, 0) is 4.79 Å². The van der Waals surface area contributed by atoms with Gasteiger partial charge in [-0.3, -0.25) is 9.59 Å². The van der Waals surface area contributed by atoms with Gasteiger partial charge in [-0.2, -0.15) is 0 Å². The van der Waals surface area contributed by atoms with E-state index in [-0.39, 0.29) is 17.7 Å². The molecule has 4 N–H and O–H groups in total. The highest BCUT2D eigenvalue weighted by molar-refractivity contribution is 6.05. The van der Waals surface area contributed by atoms with Crippen molar-refractivity contribution >= 4 is 45.7 Å². The van der Waals surface area contributed by atoms with Gasteiger partial charge in [0, 0.05) is 75.6 Å². The molecule has 210 valence electrons. The predicted molar refractivity (Wildman–Crippen MR) is 167 cm³/mol. The number of amides is 2. The van der Waals surface area contributed by atoms with Gasteiger partial charge in [0.1, 0.15) is 0 Å². The zero-order valence-electron chi connectivity index (χ0n) is 23.6. The number of likely N-dealkylation sites (N-methyl/N-ethyl adjacent to an activating group) is 1. The lowest BCUT2D eigenvalue weighted by atomic mass is 9.83. The molecule has 2 aromatic heterocycles. The maximum Gasteiger partial charge on any atom is 0.255 e. The number of hydrogen-bond donors (Lipinski definition) is 4. The Kier molecular flexibility index (Phi) is 7.24. The second kappa shape index (κ2) is 11.3. The van der Waals surface area contributed by atoms with Crippen LogP contribution >= 0.6 is 0 Å². The summed E-state index contributed by atoms with van der Waals surface area (Å²) in [5.74, 6) is 0.189. The monoisotopic (exact) mass is 557 g/mol. The molecule has 6 rings (SSSR count). The minimum Gasteiger partial charge on any atom is -0.360 e. The van der Waals surface area contributed by atoms with Crippen LogP contribution in [0.5, 0.6) is 0 Å². The minimum absolute atomic E-state index is 0.190. The molecule has 42 heavy (non-hydrogen) atoms. The Morgan fingerprint density at radius 2 is 1.74 bits per heavy atom. The molecule has 1 aliphatic carbocycles. The Morgan fingerprint density at radius 3 is 2.55 bits per heavy atom. The number of rotatable bonds is 8. The third-order valence-electron chi connectivity index (χ3n) is 7.27. The lowest BCUT2D eigenvalue weighted by molar-refractivity contribution is -0.111. The molecule has 2 amide bonds. The van der Waals surface area contributed by atoms with Crippen molar-refractivity contribution in [2.75, 3.05) is 36.6 Å². The number of aromatic nitrogens is 3. The predicted octanol–water partition coefficient (Wildman–Crippen LogP) is 6.14. The van der Waals surface area contributed by atoms with Crippen LogP contribution in [0, 0.1) is 0 Å². The van der Waals surface area contributed by atoms with Crippen LogP contribution < -0.4 is 16.0 Å². The van der Waals surface area contributed by atoms with Gasteiger partial charge < -0.3 is 25.8 Å². The molecular weight excluding hydrogens is 526 g/mol. The molecule has 0 saturated carbocycles. The van der Waals surface area contributed by atoms with Gasteiger partial charge in [-0.25, -0.2) is 9.97 Å². The first kappa shape index (κ1) is 26.9. The van der Waals surface area contributed by atoms with Gasteiger partial charge in [0.25, 0.3) is 5.91 Å². The van der Waals surface area contributed by atoms with Gasteiger partial charge in [0.05, 0.1) is 5.69 Å². The maximum absolute atomic E-state index is 12.9. The fourth-order valence-corrected chi connectivity index (χ4v) is 5.18. The van der Waals surface area contributed by atoms with Crippen LogP contribution in [0.3, 0.4) is 0 Å². The zero-order chi connectivity index (χ0) is 29.2. The first-order valence-corrected chi connectivity index (χ1v) is 13.7. The van der Waals surface area contributed by atoms with Crippen molar-refractivity contribution < 1.29 is 9.59 Å². The van der Waals surface area contributed by atoms with E-state index < -0.39 is 0 Å². The number of nitrogens with one attached hydrogen (secondary N) is 4. The van der Waals surface area contributed by atoms with Gasteiger partial charge in [0.2, 0.25) is 11.9 Å². The topological polar surface area (TPSA) is 115 Å². The van der Waals surface area contributed by atoms with E-state index in [0.29, 0.717) is 29.4 Å². The van der Waals surface area contributed by atoms with Gasteiger partial charge in [-0.1, -0.05) is 31.2 Å². The molecule has 0 bridgehead atoms. The lowest BCUT2D eigenvalue weighted by Crippen LogP contribution is -2.14. The van der Waals surface area contributed by atoms with Gasteiger partial charge in [-0.05, 0) is 68.2 Å². The van der Waals surface area contributed by atoms with Crippen molar-refractivity contribution in [3.63, 3.8) is 0 Å². The molecule has 1 aliphatic rings. The largest absolute Gasteiger partial charge is 0.360 e. The summed E-state index contributed by atoms with van der Waals surface area (Å²) in [5.41, 5.74) is 7.91. The Labute approximate surface area is 243 Å². The Hall–Kier alpha value is -5.28. The van der Waals surface area contributed by atoms with Crippen molar-refractivity contribution in [3.05, 3.63) is 108 Å². The fraction of sp³-hybridized carbons (Fsp3) is 0.152. The van der Waals surface area contributed by atoms with Gasteiger partial charge >= 0.3 is 0 Å². The van der Waals surface area contributed by atoms with Crippen molar-refractivity contribution in [1.29, 1.82) is 0 Å². The van der Waals surface area contributed by atoms with Crippen LogP contribution in [0.2, 0.25) is 0 Å². The molecule has 0 fully saturated rings. The van der Waals surface area contributed by atoms with E-state index in [1.807, 2.05) is 55.7 Å². The summed E-state index contributed by atoms with van der Waals surface area (Å²) in [5, 5.41) is 10.2. The number of hydrogen-bond acceptors (Lipinski definition) is 6. The number of nitrogens with zero attached hydrogens (tertiary/aromatic N) is 3. The lowest BCUT2D eigenvalue weighted by Gasteiger charge is -2.22. The third-order valence-corrected chi connectivity index (χ3v) is 7.27. The number of carbonyl (C=O) groups is 2. The summed E-state index contributed by atoms with van der Waals surface area (Å²) in [6.45, 7) is 2.86. The van der Waals surface area contributed by atoms with Crippen molar-refractivity contribution in [2.45, 2.75) is 12.8 Å². The standard InChI is InChI=1S/C33H31N7O2/c1-20-25-9-5-10-28-30(25)27(19-34-28)31-26(20)18-35-33(39-31)38-24-8-4-7-23(17-24)37-32(42)21-12-14-22(15-13-21)36-29(41)11-6-16-40(2)3/h4-15,17-20,34H,16H2,1-3H3,(H,36,41)(H,37,42)(H,35,38,39). The van der Waals surface area contributed by atoms with Crippen LogP contribution in [0.25, 0.3) is 22.2 Å². The Bertz CT molecular complexity index is 1820. The molecule has 3 aromatic carbocycles. The number of fused-ring (bicyclic) bond motifs is 2. The molecule has 0 aliphatic heterocycles. The molecule has 0 spiro atoms. The molecule has 1 unspecified atom stereocenters. The van der Waals surface area contributed by atoms with E-state index in [2.05, 4.69) is 51.0 Å². The van der Waals surface area contributed by atoms with Crippen molar-refractivity contribution in [1.82, 2.24) is 19.9 Å². The molecule has 2 heterocycles. The molecule has 9 nitrogen and oxygen atoms in total. The van der Waals surface area contributed by atoms with Crippen LogP contribution in [0.15, 0.2) is 91.3 Å². The van der Waals surface area contributed by atoms with E-state index in [1.54, 1.807) is 30.3 Å². The molecular formula is C33H31N7O2. The summed E-state index contributed by atoms with van der Waals surface area (Å²) < 4.78 is 0. The zero-order valence-corrected chi connectivity index (χ0v) is 23.6. The highest BCUT2D eigenvalue weighted by Gasteiger charge is 2.27. The van der Waals surface area contributed by atoms with Crippen molar-refractivity contribution in [2.24, 2.45) is 0 Å². The fourth-order valence-electron chi connectivity index (χ4n) is 5.18. The van der Waals surface area contributed by atoms with Gasteiger partial charge in [0.15, 0.2) is 0 Å². The van der Waals surface area contributed by atoms with E-state index >= 15 is 0 Å².